The van der Waals surface area contributed by atoms with Crippen LogP contribution in [0.5, 0.6) is 0 Å². The number of hydrogen-bond acceptors (Lipinski definition) is 9. The Labute approximate surface area is 180 Å². The average Bonchev–Trinajstić information content (AvgIpc) is 2.80. The van der Waals surface area contributed by atoms with Gasteiger partial charge in [0.25, 0.3) is 0 Å². The summed E-state index contributed by atoms with van der Waals surface area (Å²) in [6.45, 7) is 0.580. The molecule has 0 saturated heterocycles. The lowest BCUT2D eigenvalue weighted by Crippen LogP contribution is -2.35. The van der Waals surface area contributed by atoms with Gasteiger partial charge in [-0.05, 0) is 44.6 Å². The number of nitriles is 1. The van der Waals surface area contributed by atoms with Crippen LogP contribution in [0.2, 0.25) is 0 Å². The molecular formula is C21H26N8O2. The van der Waals surface area contributed by atoms with Crippen molar-refractivity contribution < 1.29 is 9.53 Å². The molecule has 3 heterocycles. The lowest BCUT2D eigenvalue weighted by atomic mass is 9.91. The van der Waals surface area contributed by atoms with E-state index in [2.05, 4.69) is 31.7 Å². The molecule has 2 aliphatic rings. The summed E-state index contributed by atoms with van der Waals surface area (Å²) >= 11 is 0. The zero-order valence-electron chi connectivity index (χ0n) is 17.5. The number of aromatic nitrogens is 3. The fourth-order valence-electron chi connectivity index (χ4n) is 4.05. The first-order valence-electron chi connectivity index (χ1n) is 10.5. The Morgan fingerprint density at radius 3 is 2.84 bits per heavy atom. The summed E-state index contributed by atoms with van der Waals surface area (Å²) in [5.74, 6) is 0.409. The van der Waals surface area contributed by atoms with E-state index in [-0.39, 0.29) is 12.1 Å². The molecule has 4 N–H and O–H groups in total. The summed E-state index contributed by atoms with van der Waals surface area (Å²) in [6.07, 6.45) is 8.22. The van der Waals surface area contributed by atoms with Crippen molar-refractivity contribution in [1.29, 1.82) is 5.26 Å². The lowest BCUT2D eigenvalue weighted by Gasteiger charge is -2.28. The van der Waals surface area contributed by atoms with Gasteiger partial charge in [-0.3, -0.25) is 4.90 Å². The summed E-state index contributed by atoms with van der Waals surface area (Å²) < 4.78 is 4.84. The van der Waals surface area contributed by atoms with Gasteiger partial charge < -0.3 is 21.1 Å². The molecule has 0 bridgehead atoms. The minimum atomic E-state index is -0.416. The minimum absolute atomic E-state index is 0.260. The molecule has 162 valence electrons. The van der Waals surface area contributed by atoms with E-state index in [0.717, 1.165) is 44.2 Å². The number of nitrogens with one attached hydrogen (secondary N) is 2. The van der Waals surface area contributed by atoms with Gasteiger partial charge in [-0.15, -0.1) is 0 Å². The monoisotopic (exact) mass is 422 g/mol. The van der Waals surface area contributed by atoms with E-state index in [4.69, 9.17) is 10.5 Å². The minimum Gasteiger partial charge on any atom is -0.452 e. The van der Waals surface area contributed by atoms with Crippen LogP contribution in [-0.4, -0.2) is 46.8 Å². The molecule has 1 amide bonds. The number of ether oxygens (including phenoxy) is 1. The number of anilines is 4. The molecule has 2 aromatic rings. The number of aryl methyl sites for hydroxylation is 1. The van der Waals surface area contributed by atoms with E-state index in [0.29, 0.717) is 35.2 Å². The van der Waals surface area contributed by atoms with Crippen molar-refractivity contribution in [1.82, 2.24) is 15.0 Å². The molecule has 10 heteroatoms. The second-order valence-electron chi connectivity index (χ2n) is 7.86. The number of carbonyl (C=O) groups excluding carboxylic acids is 1. The van der Waals surface area contributed by atoms with Crippen molar-refractivity contribution in [3.05, 3.63) is 29.8 Å². The molecule has 0 atom stereocenters. The third kappa shape index (κ3) is 4.67. The van der Waals surface area contributed by atoms with Crippen LogP contribution in [0.4, 0.5) is 27.8 Å². The third-order valence-corrected chi connectivity index (χ3v) is 5.71. The van der Waals surface area contributed by atoms with Gasteiger partial charge >= 0.3 is 6.09 Å². The first-order valence-corrected chi connectivity index (χ1v) is 10.5. The predicted octanol–water partition coefficient (Wildman–Crippen LogP) is 2.69. The summed E-state index contributed by atoms with van der Waals surface area (Å²) in [6, 6.07) is 4.52. The first-order chi connectivity index (χ1) is 15.1. The van der Waals surface area contributed by atoms with Crippen LogP contribution in [0.25, 0.3) is 0 Å². The van der Waals surface area contributed by atoms with Gasteiger partial charge in [0, 0.05) is 18.6 Å². The van der Waals surface area contributed by atoms with Crippen molar-refractivity contribution in [2.75, 3.05) is 29.2 Å². The average molecular weight is 422 g/mol. The van der Waals surface area contributed by atoms with Crippen molar-refractivity contribution in [3.8, 4) is 6.07 Å². The van der Waals surface area contributed by atoms with Crippen LogP contribution in [0.3, 0.4) is 0 Å². The number of fused-ring (bicyclic) bond motifs is 1. The highest BCUT2D eigenvalue weighted by Gasteiger charge is 2.25. The number of rotatable bonds is 4. The highest BCUT2D eigenvalue weighted by molar-refractivity contribution is 5.88. The Bertz CT molecular complexity index is 997. The second-order valence-corrected chi connectivity index (χ2v) is 7.86. The molecule has 4 rings (SSSR count). The van der Waals surface area contributed by atoms with Crippen LogP contribution in [0.1, 0.15) is 43.5 Å². The van der Waals surface area contributed by atoms with Gasteiger partial charge in [0.1, 0.15) is 6.07 Å². The van der Waals surface area contributed by atoms with Crippen LogP contribution < -0.4 is 21.3 Å². The summed E-state index contributed by atoms with van der Waals surface area (Å²) in [5, 5.41) is 16.0. The molecule has 0 radical (unpaired) electrons. The van der Waals surface area contributed by atoms with E-state index in [1.165, 1.54) is 7.11 Å². The molecule has 10 nitrogen and oxygen atoms in total. The van der Waals surface area contributed by atoms with Gasteiger partial charge in [0.05, 0.1) is 42.3 Å². The van der Waals surface area contributed by atoms with E-state index in [1.807, 2.05) is 6.07 Å². The molecule has 1 aliphatic heterocycles. The van der Waals surface area contributed by atoms with Gasteiger partial charge in [-0.25, -0.2) is 19.7 Å². The number of carbonyl (C=O) groups is 1. The largest absolute Gasteiger partial charge is 0.452 e. The second kappa shape index (κ2) is 9.14. The fraction of sp³-hybridized carbons (Fsp3) is 0.476. The van der Waals surface area contributed by atoms with Crippen LogP contribution in [0, 0.1) is 11.3 Å². The fourth-order valence-corrected chi connectivity index (χ4v) is 4.05. The molecule has 31 heavy (non-hydrogen) atoms. The standard InChI is InChI=1S/C21H26N8O2/c1-31-21(30)29-8-2-3-16-19(29)12-25-20(28-16)27-15-9-17(18(10-22)24-11-15)26-14-6-4-13(23)5-7-14/h9,11-14,26H,2-8,23H2,1H3,(H,25,27,28)/t13-,14-. The quantitative estimate of drug-likeness (QED) is 0.677. The van der Waals surface area contributed by atoms with Gasteiger partial charge in [0.15, 0.2) is 5.69 Å². The van der Waals surface area contributed by atoms with E-state index < -0.39 is 6.09 Å². The van der Waals surface area contributed by atoms with E-state index in [9.17, 15) is 10.1 Å². The van der Waals surface area contributed by atoms with Crippen molar-refractivity contribution in [2.45, 2.75) is 50.6 Å². The molecule has 0 spiro atoms. The molecule has 2 aromatic heterocycles. The van der Waals surface area contributed by atoms with Crippen LogP contribution in [0.15, 0.2) is 18.5 Å². The maximum absolute atomic E-state index is 12.0. The zero-order valence-corrected chi connectivity index (χ0v) is 17.5. The van der Waals surface area contributed by atoms with Gasteiger partial charge in [0.2, 0.25) is 5.95 Å². The SMILES string of the molecule is COC(=O)N1CCCc2nc(Nc3cnc(C#N)c(N[C@H]4CC[C@H](N)CC4)c3)ncc21. The Morgan fingerprint density at radius 2 is 2.10 bits per heavy atom. The highest BCUT2D eigenvalue weighted by Crippen LogP contribution is 2.28. The van der Waals surface area contributed by atoms with Gasteiger partial charge in [-0.1, -0.05) is 0 Å². The molecular weight excluding hydrogens is 396 g/mol. The molecule has 0 aromatic carbocycles. The van der Waals surface area contributed by atoms with Crippen LogP contribution >= 0.6 is 0 Å². The van der Waals surface area contributed by atoms with Crippen molar-refractivity contribution >= 4 is 29.1 Å². The number of nitrogens with two attached hydrogens (primary N) is 1. The number of amides is 1. The third-order valence-electron chi connectivity index (χ3n) is 5.71. The van der Waals surface area contributed by atoms with Crippen molar-refractivity contribution in [3.63, 3.8) is 0 Å². The number of pyridine rings is 1. The molecule has 1 fully saturated rings. The molecule has 1 aliphatic carbocycles. The summed E-state index contributed by atoms with van der Waals surface area (Å²) in [4.78, 5) is 26.7. The van der Waals surface area contributed by atoms with Crippen LogP contribution in [-0.2, 0) is 11.2 Å². The Morgan fingerprint density at radius 1 is 1.29 bits per heavy atom. The number of nitrogens with zero attached hydrogens (tertiary/aromatic N) is 5. The van der Waals surface area contributed by atoms with E-state index >= 15 is 0 Å². The highest BCUT2D eigenvalue weighted by atomic mass is 16.5. The predicted molar refractivity (Wildman–Crippen MR) is 116 cm³/mol. The summed E-state index contributed by atoms with van der Waals surface area (Å²) in [5.41, 5.74) is 9.15. The number of hydrogen-bond donors (Lipinski definition) is 3. The smallest absolute Gasteiger partial charge is 0.414 e. The maximum Gasteiger partial charge on any atom is 0.414 e. The van der Waals surface area contributed by atoms with Crippen molar-refractivity contribution in [2.24, 2.45) is 5.73 Å². The first kappa shape index (κ1) is 20.8. The lowest BCUT2D eigenvalue weighted by molar-refractivity contribution is 0.178. The Kier molecular flexibility index (Phi) is 6.13. The zero-order chi connectivity index (χ0) is 21.8. The maximum atomic E-state index is 12.0. The van der Waals surface area contributed by atoms with E-state index in [1.54, 1.807) is 17.3 Å². The summed E-state index contributed by atoms with van der Waals surface area (Å²) in [7, 11) is 1.36. The normalized spacial score (nSPS) is 20.4. The molecule has 1 saturated carbocycles. The van der Waals surface area contributed by atoms with Gasteiger partial charge in [-0.2, -0.15) is 5.26 Å². The Hall–Kier alpha value is -3.45. The topological polar surface area (TPSA) is 142 Å². The number of methoxy groups -OCH3 is 1. The Balaban J connectivity index is 1.52. The molecule has 0 unspecified atom stereocenters.